The molecule has 542 valence electrons. The van der Waals surface area contributed by atoms with Crippen LogP contribution in [0.3, 0.4) is 0 Å². The van der Waals surface area contributed by atoms with Gasteiger partial charge in [-0.25, -0.2) is 0 Å². The van der Waals surface area contributed by atoms with Crippen LogP contribution in [-0.2, 0) is 0 Å². The summed E-state index contributed by atoms with van der Waals surface area (Å²) in [5.41, 5.74) is 25.6. The van der Waals surface area contributed by atoms with Gasteiger partial charge in [-0.3, -0.25) is 0 Å². The summed E-state index contributed by atoms with van der Waals surface area (Å²) in [6.07, 6.45) is 0. The Morgan fingerprint density at radius 1 is 0.147 bits per heavy atom. The fraction of sp³-hybridized carbons (Fsp3) is 0. The predicted molar refractivity (Wildman–Crippen MR) is 506 cm³/mol. The molecule has 0 unspecified atom stereocenters. The molecule has 2 nitrogen and oxygen atoms in total. The number of benzene rings is 19. The maximum Gasteiger partial charge on any atom is 0.0467 e. The van der Waals surface area contributed by atoms with Crippen LogP contribution in [0, 0.1) is 0 Å². The predicted octanol–water partition coefficient (Wildman–Crippen LogP) is 33.7. The Hall–Kier alpha value is -13.8. The van der Waals surface area contributed by atoms with Crippen LogP contribution >= 0.6 is 45.3 Å². The lowest BCUT2D eigenvalue weighted by Crippen LogP contribution is -2.10. The molecular weight excluding hydrogens is 1480 g/mol. The fourth-order valence-corrected chi connectivity index (χ4v) is 22.6. The van der Waals surface area contributed by atoms with Gasteiger partial charge in [-0.2, -0.15) is 0 Å². The number of hydrogen-bond acceptors (Lipinski definition) is 6. The van der Waals surface area contributed by atoms with Crippen LogP contribution in [0.25, 0.3) is 191 Å². The molecule has 0 bridgehead atoms. The number of hydrogen-bond donors (Lipinski definition) is 0. The normalized spacial score (nSPS) is 11.8. The molecule has 4 aromatic heterocycles. The van der Waals surface area contributed by atoms with Gasteiger partial charge in [0.2, 0.25) is 0 Å². The van der Waals surface area contributed by atoms with E-state index in [2.05, 4.69) is 422 Å². The number of fused-ring (bicyclic) bond motifs is 14. The average molecular weight is 1550 g/mol. The first-order valence-corrected chi connectivity index (χ1v) is 42.7. The summed E-state index contributed by atoms with van der Waals surface area (Å²) in [5.74, 6) is 0. The van der Waals surface area contributed by atoms with Gasteiger partial charge in [0, 0.05) is 115 Å². The maximum absolute atomic E-state index is 2.43. The minimum absolute atomic E-state index is 1.08. The minimum atomic E-state index is 1.08. The lowest BCUT2D eigenvalue weighted by molar-refractivity contribution is 1.28. The van der Waals surface area contributed by atoms with Gasteiger partial charge in [-0.05, 0) is 244 Å². The van der Waals surface area contributed by atoms with E-state index in [1.54, 1.807) is 0 Å². The Kier molecular flexibility index (Phi) is 16.4. The minimum Gasteiger partial charge on any atom is -0.310 e. The average Bonchev–Trinajstić information content (AvgIpc) is 1.58. The summed E-state index contributed by atoms with van der Waals surface area (Å²) in [7, 11) is 0. The zero-order valence-corrected chi connectivity index (χ0v) is 66.1. The van der Waals surface area contributed by atoms with Crippen molar-refractivity contribution in [2.45, 2.75) is 0 Å². The molecule has 0 aliphatic heterocycles. The Labute approximate surface area is 687 Å². The van der Waals surface area contributed by atoms with Gasteiger partial charge in [0.05, 0.1) is 0 Å². The second-order valence-electron chi connectivity index (χ2n) is 30.2. The first-order chi connectivity index (χ1) is 57.4. The molecule has 0 N–H and O–H groups in total. The van der Waals surface area contributed by atoms with Gasteiger partial charge in [0.25, 0.3) is 0 Å². The Morgan fingerprint density at radius 3 is 1.08 bits per heavy atom. The lowest BCUT2D eigenvalue weighted by Gasteiger charge is -2.27. The molecule has 116 heavy (non-hydrogen) atoms. The van der Waals surface area contributed by atoms with E-state index in [1.165, 1.54) is 175 Å². The Morgan fingerprint density at radius 2 is 0.500 bits per heavy atom. The highest BCUT2D eigenvalue weighted by molar-refractivity contribution is 7.27. The van der Waals surface area contributed by atoms with Crippen molar-refractivity contribution in [3.05, 3.63) is 413 Å². The summed E-state index contributed by atoms with van der Waals surface area (Å²) >= 11 is 7.49. The van der Waals surface area contributed by atoms with Crippen molar-refractivity contribution in [1.82, 2.24) is 0 Å². The van der Waals surface area contributed by atoms with Crippen molar-refractivity contribution in [3.63, 3.8) is 0 Å². The molecule has 6 heteroatoms. The van der Waals surface area contributed by atoms with Gasteiger partial charge >= 0.3 is 0 Å². The van der Waals surface area contributed by atoms with Crippen LogP contribution in [0.2, 0.25) is 0 Å². The highest BCUT2D eigenvalue weighted by atomic mass is 32.1. The van der Waals surface area contributed by atoms with Crippen LogP contribution in [-0.4, -0.2) is 0 Å². The third-order valence-electron chi connectivity index (χ3n) is 23.4. The second kappa shape index (κ2) is 28.1. The summed E-state index contributed by atoms with van der Waals surface area (Å²) in [6, 6.07) is 154. The van der Waals surface area contributed by atoms with Crippen LogP contribution in [0.15, 0.2) is 413 Å². The van der Waals surface area contributed by atoms with Gasteiger partial charge in [0.1, 0.15) is 0 Å². The summed E-state index contributed by atoms with van der Waals surface area (Å²) in [4.78, 5) is 4.86. The van der Waals surface area contributed by atoms with E-state index in [4.69, 9.17) is 0 Å². The van der Waals surface area contributed by atoms with Crippen molar-refractivity contribution in [1.29, 1.82) is 0 Å². The zero-order valence-electron chi connectivity index (χ0n) is 62.8. The number of rotatable bonds is 14. The molecule has 0 saturated heterocycles. The largest absolute Gasteiger partial charge is 0.310 e. The van der Waals surface area contributed by atoms with Crippen molar-refractivity contribution in [3.8, 4) is 89.0 Å². The van der Waals surface area contributed by atoms with Gasteiger partial charge < -0.3 is 9.80 Å². The lowest BCUT2D eigenvalue weighted by atomic mass is 9.90. The van der Waals surface area contributed by atoms with Crippen LogP contribution < -0.4 is 9.80 Å². The highest BCUT2D eigenvalue weighted by Crippen LogP contribution is 2.51. The molecule has 0 spiro atoms. The molecular formula is C110H68N2S4. The third kappa shape index (κ3) is 11.8. The van der Waals surface area contributed by atoms with E-state index >= 15 is 0 Å². The summed E-state index contributed by atoms with van der Waals surface area (Å²) in [6.45, 7) is 0. The topological polar surface area (TPSA) is 6.48 Å². The van der Waals surface area contributed by atoms with Crippen molar-refractivity contribution in [2.24, 2.45) is 0 Å². The van der Waals surface area contributed by atoms with Crippen molar-refractivity contribution >= 4 is 182 Å². The molecule has 23 rings (SSSR count). The van der Waals surface area contributed by atoms with Crippen molar-refractivity contribution < 1.29 is 0 Å². The van der Waals surface area contributed by atoms with E-state index < -0.39 is 0 Å². The molecule has 0 saturated carbocycles. The van der Waals surface area contributed by atoms with E-state index in [0.717, 1.165) is 50.8 Å². The molecule has 23 aromatic rings. The van der Waals surface area contributed by atoms with Gasteiger partial charge in [-0.1, -0.05) is 279 Å². The Balaban J connectivity index is 0.585. The third-order valence-corrected chi connectivity index (χ3v) is 28.0. The smallest absolute Gasteiger partial charge is 0.0467 e. The van der Waals surface area contributed by atoms with Crippen molar-refractivity contribution in [2.75, 3.05) is 9.80 Å². The molecule has 0 amide bonds. The van der Waals surface area contributed by atoms with Crippen LogP contribution in [0.1, 0.15) is 0 Å². The summed E-state index contributed by atoms with van der Waals surface area (Å²) < 4.78 is 10.4. The molecule has 0 radical (unpaired) electrons. The Bertz CT molecular complexity index is 7870. The fourth-order valence-electron chi connectivity index (χ4n) is 17.9. The van der Waals surface area contributed by atoms with Gasteiger partial charge in [0.15, 0.2) is 0 Å². The quantitative estimate of drug-likeness (QED) is 0.107. The first-order valence-electron chi connectivity index (χ1n) is 39.5. The number of nitrogens with zero attached hydrogens (tertiary/aromatic N) is 2. The van der Waals surface area contributed by atoms with Crippen LogP contribution in [0.5, 0.6) is 0 Å². The molecule has 0 fully saturated rings. The highest BCUT2D eigenvalue weighted by Gasteiger charge is 2.23. The maximum atomic E-state index is 2.43. The van der Waals surface area contributed by atoms with E-state index in [-0.39, 0.29) is 0 Å². The van der Waals surface area contributed by atoms with E-state index in [0.29, 0.717) is 0 Å². The SMILES string of the molecule is c1cc(-c2cccc(N(c3ccc(-c4ccc5ccccc5c4)cc3)c3cccc(-c4cccc5sc6ccccc6c45)c3)c2)cc(-c2ccc(-c3cccc4cc(-c5ccc(N(c6cccc(-c7ccc8c(c7)sc7ccccc78)c6)c6cccc(-c7cccc8sc9ccccc9c78)c6)cc5)ccc34)c3c2sc2ccccc23)c1. The number of thiophene rings is 4. The molecule has 4 heterocycles. The van der Waals surface area contributed by atoms with Crippen LogP contribution in [0.4, 0.5) is 34.1 Å². The van der Waals surface area contributed by atoms with Gasteiger partial charge in [-0.15, -0.1) is 45.3 Å². The number of anilines is 6. The molecule has 0 aliphatic rings. The second-order valence-corrected chi connectivity index (χ2v) is 34.5. The molecule has 0 aliphatic carbocycles. The first kappa shape index (κ1) is 67.8. The monoisotopic (exact) mass is 1540 g/mol. The van der Waals surface area contributed by atoms with E-state index in [1.807, 2.05) is 45.3 Å². The molecule has 0 atom stereocenters. The van der Waals surface area contributed by atoms with E-state index in [9.17, 15) is 0 Å². The molecule has 19 aromatic carbocycles. The standard InChI is InChI=1S/C110H68N2S4/c1-2-20-72-61-76(46-45-69(72)19-1)70-47-53-83(54-48-70)111(87-30-14-25-81(66-87)90-36-17-43-104-107(90)97-33-4-8-40-101(97)113-104)85-28-12-22-74(64-85)73-21-11-24-80(62-73)92-59-60-96(109-99-35-6-10-42-103(99)116-110(92)109)93-38-16-27-79-63-77(51-57-89(79)93)71-49-55-84(56-50-71)112(86-29-13-23-75(65-86)78-52-58-95-94-32-3-7-39-100(94)115-106(95)68-78)88-31-15-26-82(67-88)91-37-18-44-105-108(91)98-34-5-9-41-102(98)114-105/h1-68H. The summed E-state index contributed by atoms with van der Waals surface area (Å²) in [5, 5.41) is 15.3. The zero-order chi connectivity index (χ0) is 76.3.